The topological polar surface area (TPSA) is 102 Å². The van der Waals surface area contributed by atoms with Gasteiger partial charge in [-0.25, -0.2) is 4.98 Å². The zero-order valence-corrected chi connectivity index (χ0v) is 26.0. The number of hydrogen-bond acceptors (Lipinski definition) is 8. The van der Waals surface area contributed by atoms with Gasteiger partial charge < -0.3 is 23.3 Å². The Hall–Kier alpha value is -2.47. The van der Waals surface area contributed by atoms with Crippen LogP contribution in [0.25, 0.3) is 22.2 Å². The summed E-state index contributed by atoms with van der Waals surface area (Å²) in [7, 11) is 0. The van der Waals surface area contributed by atoms with Gasteiger partial charge in [-0.1, -0.05) is 51.4 Å². The van der Waals surface area contributed by atoms with Crippen LogP contribution >= 0.6 is 15.9 Å². The molecule has 4 aromatic rings. The van der Waals surface area contributed by atoms with E-state index in [4.69, 9.17) is 23.7 Å². The number of aromatic nitrogens is 2. The Morgan fingerprint density at radius 3 is 2.76 bits per heavy atom. The Morgan fingerprint density at radius 1 is 1.10 bits per heavy atom. The minimum Gasteiger partial charge on any atom is -0.598 e. The summed E-state index contributed by atoms with van der Waals surface area (Å²) in [6.07, 6.45) is 3.47. The molecule has 1 aliphatic heterocycles. The lowest BCUT2D eigenvalue weighted by Crippen LogP contribution is -2.42. The highest BCUT2D eigenvalue weighted by Gasteiger charge is 2.31. The molecule has 0 bridgehead atoms. The lowest BCUT2D eigenvalue weighted by molar-refractivity contribution is -0.165. The highest BCUT2D eigenvalue weighted by atomic mass is 79.9. The number of nitrogens with zero attached hydrogens (tertiary/aromatic N) is 2. The quantitative estimate of drug-likeness (QED) is 0.139. The molecule has 10 heteroatoms. The van der Waals surface area contributed by atoms with Gasteiger partial charge in [0.2, 0.25) is 5.88 Å². The van der Waals surface area contributed by atoms with Crippen LogP contribution in [0.15, 0.2) is 69.7 Å². The Balaban J connectivity index is 1.37. The van der Waals surface area contributed by atoms with E-state index < -0.39 is 16.1 Å². The fraction of sp³-hybridized carbons (Fsp3) is 0.419. The predicted molar refractivity (Wildman–Crippen MR) is 164 cm³/mol. The first-order valence-corrected chi connectivity index (χ1v) is 15.9. The van der Waals surface area contributed by atoms with Crippen molar-refractivity contribution in [3.05, 3.63) is 76.4 Å². The van der Waals surface area contributed by atoms with Gasteiger partial charge in [0.05, 0.1) is 12.6 Å². The zero-order valence-electron chi connectivity index (χ0n) is 23.6. The van der Waals surface area contributed by atoms with Gasteiger partial charge in [-0.05, 0) is 69.9 Å². The summed E-state index contributed by atoms with van der Waals surface area (Å²) in [5.74, 6) is 0.521. The van der Waals surface area contributed by atoms with E-state index >= 15 is 0 Å². The minimum atomic E-state index is -1.33. The van der Waals surface area contributed by atoms with Gasteiger partial charge in [-0.2, -0.15) is 0 Å². The first-order chi connectivity index (χ1) is 19.8. The molecule has 0 aliphatic carbocycles. The van der Waals surface area contributed by atoms with Gasteiger partial charge in [0.15, 0.2) is 11.9 Å². The molecule has 2 aromatic carbocycles. The van der Waals surface area contributed by atoms with Crippen LogP contribution in [0, 0.1) is 0 Å². The molecular formula is C31H36BrN3O5S. The van der Waals surface area contributed by atoms with E-state index in [0.717, 1.165) is 58.2 Å². The maximum Gasteiger partial charge on any atom is 0.213 e. The molecule has 0 saturated carbocycles. The maximum atomic E-state index is 13.3. The highest BCUT2D eigenvalue weighted by Crippen LogP contribution is 2.36. The first-order valence-electron chi connectivity index (χ1n) is 13.9. The number of fused-ring (bicyclic) bond motifs is 1. The Kier molecular flexibility index (Phi) is 10.0. The summed E-state index contributed by atoms with van der Waals surface area (Å²) >= 11 is 2.17. The van der Waals surface area contributed by atoms with E-state index in [-0.39, 0.29) is 12.3 Å². The van der Waals surface area contributed by atoms with Crippen LogP contribution < -0.4 is 9.46 Å². The summed E-state index contributed by atoms with van der Waals surface area (Å²) in [5, 5.41) is 5.33. The number of rotatable bonds is 11. The number of pyridine rings is 1. The van der Waals surface area contributed by atoms with Crippen molar-refractivity contribution >= 4 is 38.3 Å². The number of halogens is 1. The molecule has 1 aliphatic rings. The summed E-state index contributed by atoms with van der Waals surface area (Å²) in [4.78, 5) is 4.76. The average molecular weight is 643 g/mol. The van der Waals surface area contributed by atoms with Crippen LogP contribution in [0.3, 0.4) is 0 Å². The van der Waals surface area contributed by atoms with Crippen molar-refractivity contribution in [2.24, 2.45) is 0 Å². The summed E-state index contributed by atoms with van der Waals surface area (Å²) in [6, 6.07) is 19.3. The molecule has 41 heavy (non-hydrogen) atoms. The number of hydrogen-bond donors (Lipinski definition) is 1. The van der Waals surface area contributed by atoms with Gasteiger partial charge in [-0.15, -0.1) is 4.72 Å². The molecule has 3 heterocycles. The SMILES string of the molecule is CC(C)(C)[S@+]([O-])NC(Cc1cccc(OCCOC2CCCCO2)n1)c1ccccc1-c1noc2cc(Br)ccc12. The van der Waals surface area contributed by atoms with Gasteiger partial charge in [0.1, 0.15) is 17.0 Å². The van der Waals surface area contributed by atoms with E-state index in [1.165, 1.54) is 0 Å². The lowest BCUT2D eigenvalue weighted by Gasteiger charge is -2.29. The van der Waals surface area contributed by atoms with E-state index in [1.807, 2.05) is 81.4 Å². The molecule has 1 fully saturated rings. The van der Waals surface area contributed by atoms with Gasteiger partial charge in [0, 0.05) is 51.6 Å². The van der Waals surface area contributed by atoms with E-state index in [0.29, 0.717) is 31.1 Å². The van der Waals surface area contributed by atoms with Crippen molar-refractivity contribution in [1.29, 1.82) is 0 Å². The normalized spacial score (nSPS) is 17.4. The molecule has 1 N–H and O–H groups in total. The van der Waals surface area contributed by atoms with Crippen LogP contribution in [-0.4, -0.2) is 45.6 Å². The van der Waals surface area contributed by atoms with Crippen LogP contribution in [0.4, 0.5) is 0 Å². The standard InChI is InChI=1S/C31H36BrN3O5S/c1-31(2,3)41(36)35-26(20-22-9-8-12-28(33-22)37-17-18-39-29-13-6-7-16-38-29)23-10-4-5-11-24(23)30-25-15-14-21(32)19-27(25)40-34-30/h4-5,8-12,14-15,19,26,29,35H,6-7,13,16-18,20H2,1-3H3/t26?,29?,41-/m0/s1. The van der Waals surface area contributed by atoms with Crippen molar-refractivity contribution in [2.45, 2.75) is 63.5 Å². The fourth-order valence-electron chi connectivity index (χ4n) is 4.67. The second-order valence-electron chi connectivity index (χ2n) is 11.0. The van der Waals surface area contributed by atoms with Crippen LogP contribution in [0.2, 0.25) is 0 Å². The molecule has 8 nitrogen and oxygen atoms in total. The molecule has 2 unspecified atom stereocenters. The Bertz CT molecular complexity index is 1440. The second kappa shape index (κ2) is 13.7. The Labute approximate surface area is 252 Å². The van der Waals surface area contributed by atoms with Crippen molar-refractivity contribution < 1.29 is 23.3 Å². The van der Waals surface area contributed by atoms with Crippen molar-refractivity contribution in [1.82, 2.24) is 14.9 Å². The molecule has 3 atom stereocenters. The number of ether oxygens (including phenoxy) is 3. The third-order valence-electron chi connectivity index (χ3n) is 6.80. The predicted octanol–water partition coefficient (Wildman–Crippen LogP) is 6.91. The van der Waals surface area contributed by atoms with E-state index in [1.54, 1.807) is 0 Å². The molecule has 218 valence electrons. The lowest BCUT2D eigenvalue weighted by atomic mass is 9.94. The monoisotopic (exact) mass is 641 g/mol. The fourth-order valence-corrected chi connectivity index (χ4v) is 5.83. The van der Waals surface area contributed by atoms with E-state index in [2.05, 4.69) is 25.8 Å². The molecule has 0 radical (unpaired) electrons. The first kappa shape index (κ1) is 30.0. The second-order valence-corrected chi connectivity index (χ2v) is 13.9. The summed E-state index contributed by atoms with van der Waals surface area (Å²) in [6.45, 7) is 7.42. The van der Waals surface area contributed by atoms with Crippen LogP contribution in [-0.2, 0) is 27.3 Å². The molecule has 1 saturated heterocycles. The van der Waals surface area contributed by atoms with Crippen molar-refractivity contribution in [3.8, 4) is 17.1 Å². The van der Waals surface area contributed by atoms with Crippen LogP contribution in [0.1, 0.15) is 57.3 Å². The molecular weight excluding hydrogens is 606 g/mol. The summed E-state index contributed by atoms with van der Waals surface area (Å²) < 4.78 is 40.2. The Morgan fingerprint density at radius 2 is 1.95 bits per heavy atom. The van der Waals surface area contributed by atoms with Crippen molar-refractivity contribution in [2.75, 3.05) is 19.8 Å². The van der Waals surface area contributed by atoms with Crippen LogP contribution in [0.5, 0.6) is 5.88 Å². The zero-order chi connectivity index (χ0) is 28.8. The van der Waals surface area contributed by atoms with Gasteiger partial charge in [0.25, 0.3) is 0 Å². The summed E-state index contributed by atoms with van der Waals surface area (Å²) in [5.41, 5.74) is 4.11. The molecule has 0 spiro atoms. The molecule has 5 rings (SSSR count). The molecule has 2 aromatic heterocycles. The van der Waals surface area contributed by atoms with Gasteiger partial charge in [-0.3, -0.25) is 0 Å². The highest BCUT2D eigenvalue weighted by molar-refractivity contribution is 9.10. The maximum absolute atomic E-state index is 13.3. The largest absolute Gasteiger partial charge is 0.598 e. The van der Waals surface area contributed by atoms with E-state index in [9.17, 15) is 4.55 Å². The van der Waals surface area contributed by atoms with Crippen molar-refractivity contribution in [3.63, 3.8) is 0 Å². The average Bonchev–Trinajstić information content (AvgIpc) is 3.38. The third kappa shape index (κ3) is 7.88. The smallest absolute Gasteiger partial charge is 0.213 e. The minimum absolute atomic E-state index is 0.148. The third-order valence-corrected chi connectivity index (χ3v) is 8.90. The van der Waals surface area contributed by atoms with Gasteiger partial charge >= 0.3 is 0 Å². The number of benzene rings is 2. The number of nitrogens with one attached hydrogen (secondary N) is 1. The molecule has 0 amide bonds.